The van der Waals surface area contributed by atoms with Crippen LogP contribution < -0.4 is 15.8 Å². The van der Waals surface area contributed by atoms with E-state index < -0.39 is 0 Å². The maximum Gasteiger partial charge on any atom is 0.323 e. The van der Waals surface area contributed by atoms with Gasteiger partial charge in [0.05, 0.1) is 6.61 Å². The van der Waals surface area contributed by atoms with Gasteiger partial charge in [0.2, 0.25) is 11.9 Å². The molecule has 1 aromatic heterocycles. The number of nitrogens with zero attached hydrogens (tertiary/aromatic N) is 3. The van der Waals surface area contributed by atoms with Crippen molar-refractivity contribution in [3.05, 3.63) is 29.3 Å². The van der Waals surface area contributed by atoms with Crippen LogP contribution in [0.15, 0.2) is 24.3 Å². The molecule has 0 fully saturated rings. The summed E-state index contributed by atoms with van der Waals surface area (Å²) in [6.07, 6.45) is 0. The van der Waals surface area contributed by atoms with Crippen molar-refractivity contribution >= 4 is 29.2 Å². The number of nitrogen functional groups attached to an aromatic ring is 1. The average molecular weight is 266 g/mol. The average Bonchev–Trinajstić information content (AvgIpc) is 2.32. The molecule has 1 heterocycles. The number of rotatable bonds is 4. The fourth-order valence-electron chi connectivity index (χ4n) is 1.28. The molecule has 0 aliphatic rings. The Hall–Kier alpha value is -2.08. The summed E-state index contributed by atoms with van der Waals surface area (Å²) in [6.45, 7) is 2.30. The minimum absolute atomic E-state index is 0.102. The summed E-state index contributed by atoms with van der Waals surface area (Å²) in [6, 6.07) is 7.34. The van der Waals surface area contributed by atoms with Crippen molar-refractivity contribution in [2.75, 3.05) is 17.7 Å². The van der Waals surface area contributed by atoms with E-state index in [-0.39, 0.29) is 12.0 Å². The van der Waals surface area contributed by atoms with Gasteiger partial charge in [-0.1, -0.05) is 11.6 Å². The van der Waals surface area contributed by atoms with Crippen LogP contribution in [-0.2, 0) is 0 Å². The van der Waals surface area contributed by atoms with Crippen molar-refractivity contribution in [1.82, 2.24) is 15.0 Å². The molecular formula is C11H12ClN5O. The highest BCUT2D eigenvalue weighted by Crippen LogP contribution is 2.18. The lowest BCUT2D eigenvalue weighted by Gasteiger charge is -2.07. The number of nitrogens with two attached hydrogens (primary N) is 1. The molecule has 94 valence electrons. The Balaban J connectivity index is 2.20. The summed E-state index contributed by atoms with van der Waals surface area (Å²) in [5, 5.41) is 3.65. The fraction of sp³-hybridized carbons (Fsp3) is 0.182. The van der Waals surface area contributed by atoms with E-state index >= 15 is 0 Å². The molecule has 6 nitrogen and oxygen atoms in total. The second kappa shape index (κ2) is 5.50. The van der Waals surface area contributed by atoms with Crippen molar-refractivity contribution < 1.29 is 4.74 Å². The van der Waals surface area contributed by atoms with Gasteiger partial charge in [0.15, 0.2) is 0 Å². The zero-order valence-electron chi connectivity index (χ0n) is 9.72. The third-order valence-electron chi connectivity index (χ3n) is 2.01. The monoisotopic (exact) mass is 265 g/mol. The van der Waals surface area contributed by atoms with Crippen molar-refractivity contribution in [2.45, 2.75) is 6.92 Å². The first-order valence-electron chi connectivity index (χ1n) is 5.34. The second-order valence-electron chi connectivity index (χ2n) is 3.36. The molecule has 0 saturated carbocycles. The van der Waals surface area contributed by atoms with Crippen LogP contribution in [0.4, 0.5) is 17.6 Å². The predicted molar refractivity (Wildman–Crippen MR) is 70.1 cm³/mol. The van der Waals surface area contributed by atoms with Crippen LogP contribution in [0.2, 0.25) is 5.02 Å². The van der Waals surface area contributed by atoms with E-state index in [4.69, 9.17) is 22.1 Å². The molecule has 0 spiro atoms. The molecule has 0 unspecified atom stereocenters. The highest BCUT2D eigenvalue weighted by atomic mass is 35.5. The zero-order chi connectivity index (χ0) is 13.0. The molecule has 1 aromatic carbocycles. The van der Waals surface area contributed by atoms with E-state index in [0.29, 0.717) is 17.6 Å². The van der Waals surface area contributed by atoms with Gasteiger partial charge in [-0.15, -0.1) is 0 Å². The Labute approximate surface area is 109 Å². The first-order valence-corrected chi connectivity index (χ1v) is 5.72. The second-order valence-corrected chi connectivity index (χ2v) is 3.80. The topological polar surface area (TPSA) is 86.0 Å². The third kappa shape index (κ3) is 3.21. The van der Waals surface area contributed by atoms with Gasteiger partial charge in [-0.2, -0.15) is 15.0 Å². The van der Waals surface area contributed by atoms with Gasteiger partial charge < -0.3 is 15.8 Å². The molecule has 2 rings (SSSR count). The quantitative estimate of drug-likeness (QED) is 0.882. The summed E-state index contributed by atoms with van der Waals surface area (Å²) < 4.78 is 5.18. The SMILES string of the molecule is CCOc1nc(N)nc(Nc2ccc(Cl)cc2)n1. The maximum atomic E-state index is 5.80. The van der Waals surface area contributed by atoms with Crippen LogP contribution in [0.3, 0.4) is 0 Å². The van der Waals surface area contributed by atoms with E-state index in [0.717, 1.165) is 5.69 Å². The summed E-state index contributed by atoms with van der Waals surface area (Å²) >= 11 is 5.80. The van der Waals surface area contributed by atoms with Gasteiger partial charge >= 0.3 is 6.01 Å². The predicted octanol–water partition coefficient (Wildman–Crippen LogP) is 2.25. The molecular weight excluding hydrogens is 254 g/mol. The van der Waals surface area contributed by atoms with Crippen LogP contribution in [0, 0.1) is 0 Å². The molecule has 2 aromatic rings. The van der Waals surface area contributed by atoms with E-state index in [1.54, 1.807) is 12.1 Å². The minimum atomic E-state index is 0.102. The van der Waals surface area contributed by atoms with Crippen molar-refractivity contribution in [3.63, 3.8) is 0 Å². The van der Waals surface area contributed by atoms with Crippen LogP contribution in [0.5, 0.6) is 6.01 Å². The number of anilines is 3. The number of ether oxygens (including phenoxy) is 1. The van der Waals surface area contributed by atoms with Crippen LogP contribution in [-0.4, -0.2) is 21.6 Å². The lowest BCUT2D eigenvalue weighted by atomic mass is 10.3. The molecule has 0 atom stereocenters. The van der Waals surface area contributed by atoms with Crippen LogP contribution >= 0.6 is 11.6 Å². The number of hydrogen-bond donors (Lipinski definition) is 2. The highest BCUT2D eigenvalue weighted by molar-refractivity contribution is 6.30. The van der Waals surface area contributed by atoms with Gasteiger partial charge in [0.1, 0.15) is 0 Å². The summed E-state index contributed by atoms with van der Waals surface area (Å²) in [7, 11) is 0. The Morgan fingerprint density at radius 2 is 1.94 bits per heavy atom. The summed E-state index contributed by atoms with van der Waals surface area (Å²) in [5.41, 5.74) is 6.36. The fourth-order valence-corrected chi connectivity index (χ4v) is 1.41. The van der Waals surface area contributed by atoms with E-state index in [9.17, 15) is 0 Å². The van der Waals surface area contributed by atoms with E-state index in [1.807, 2.05) is 19.1 Å². The normalized spacial score (nSPS) is 10.1. The lowest BCUT2D eigenvalue weighted by molar-refractivity contribution is 0.312. The minimum Gasteiger partial charge on any atom is -0.464 e. The molecule has 0 bridgehead atoms. The molecule has 0 radical (unpaired) electrons. The Bertz CT molecular complexity index is 531. The lowest BCUT2D eigenvalue weighted by Crippen LogP contribution is -2.06. The van der Waals surface area contributed by atoms with Gasteiger partial charge in [-0.05, 0) is 31.2 Å². The molecule has 0 saturated heterocycles. The molecule has 0 amide bonds. The van der Waals surface area contributed by atoms with Gasteiger partial charge in [0, 0.05) is 10.7 Å². The van der Waals surface area contributed by atoms with Crippen LogP contribution in [0.1, 0.15) is 6.92 Å². The number of hydrogen-bond acceptors (Lipinski definition) is 6. The largest absolute Gasteiger partial charge is 0.464 e. The highest BCUT2D eigenvalue weighted by Gasteiger charge is 2.05. The molecule has 0 aliphatic heterocycles. The third-order valence-corrected chi connectivity index (χ3v) is 2.26. The molecule has 7 heteroatoms. The number of halogens is 1. The van der Waals surface area contributed by atoms with Crippen molar-refractivity contribution in [3.8, 4) is 6.01 Å². The summed E-state index contributed by atoms with van der Waals surface area (Å²) in [5.74, 6) is 0.429. The summed E-state index contributed by atoms with van der Waals surface area (Å²) in [4.78, 5) is 11.9. The van der Waals surface area contributed by atoms with Crippen molar-refractivity contribution in [1.29, 1.82) is 0 Å². The van der Waals surface area contributed by atoms with Gasteiger partial charge in [-0.25, -0.2) is 0 Å². The Kier molecular flexibility index (Phi) is 3.78. The number of benzene rings is 1. The Morgan fingerprint density at radius 3 is 2.61 bits per heavy atom. The first kappa shape index (κ1) is 12.4. The Morgan fingerprint density at radius 1 is 1.22 bits per heavy atom. The van der Waals surface area contributed by atoms with Gasteiger partial charge in [-0.3, -0.25) is 0 Å². The number of nitrogens with one attached hydrogen (secondary N) is 1. The standard InChI is InChI=1S/C11H12ClN5O/c1-2-18-11-16-9(13)15-10(17-11)14-8-5-3-7(12)4-6-8/h3-6H,2H2,1H3,(H3,13,14,15,16,17). The zero-order valence-corrected chi connectivity index (χ0v) is 10.5. The van der Waals surface area contributed by atoms with Crippen molar-refractivity contribution in [2.24, 2.45) is 0 Å². The smallest absolute Gasteiger partial charge is 0.323 e. The first-order chi connectivity index (χ1) is 8.67. The van der Waals surface area contributed by atoms with Crippen LogP contribution in [0.25, 0.3) is 0 Å². The molecule has 0 aliphatic carbocycles. The molecule has 3 N–H and O–H groups in total. The van der Waals surface area contributed by atoms with E-state index in [1.165, 1.54) is 0 Å². The number of aromatic nitrogens is 3. The van der Waals surface area contributed by atoms with E-state index in [2.05, 4.69) is 20.3 Å². The maximum absolute atomic E-state index is 5.80. The van der Waals surface area contributed by atoms with Gasteiger partial charge in [0.25, 0.3) is 0 Å². The molecule has 18 heavy (non-hydrogen) atoms.